The Morgan fingerprint density at radius 3 is 2.15 bits per heavy atom. The van der Waals surface area contributed by atoms with E-state index in [1.807, 2.05) is 20.8 Å². The number of likely N-dealkylation sites (tertiary alicyclic amines) is 2. The summed E-state index contributed by atoms with van der Waals surface area (Å²) in [6.07, 6.45) is 12.9. The lowest BCUT2D eigenvalue weighted by molar-refractivity contribution is -0.145. The SMILES string of the molecule is C=C[C@@H]1C[C@]1(NC(=O)C1CC2(CN1C(=O)[C@@H](NC(=O)C(NC(=O)[C@@H]1CCCCN1C(C)C)C1CCCCC1)C(C)(C)C)C(C)(C)C21CCC1)/C(N)=N/S(=O)(=O)N(C)CCOC. The van der Waals surface area contributed by atoms with Crippen molar-refractivity contribution in [2.45, 2.75) is 168 Å². The number of fused-ring (bicyclic) bond motifs is 1. The smallest absolute Gasteiger partial charge is 0.323 e. The first-order valence-corrected chi connectivity index (χ1v) is 24.4. The molecule has 6 aliphatic rings. The second-order valence-electron chi connectivity index (χ2n) is 21.1. The van der Waals surface area contributed by atoms with Crippen LogP contribution in [0.25, 0.3) is 0 Å². The van der Waals surface area contributed by atoms with E-state index in [-0.39, 0.29) is 76.9 Å². The van der Waals surface area contributed by atoms with Gasteiger partial charge in [0.25, 0.3) is 0 Å². The number of likely N-dealkylation sites (N-methyl/N-ethyl adjacent to an activating group) is 1. The summed E-state index contributed by atoms with van der Waals surface area (Å²) in [7, 11) is -1.34. The number of carbonyl (C=O) groups is 4. The van der Waals surface area contributed by atoms with Crippen molar-refractivity contribution in [1.29, 1.82) is 0 Å². The minimum Gasteiger partial charge on any atom is -0.384 e. The van der Waals surface area contributed by atoms with Gasteiger partial charge in [-0.25, -0.2) is 0 Å². The van der Waals surface area contributed by atoms with Crippen LogP contribution in [0.2, 0.25) is 0 Å². The lowest BCUT2D eigenvalue weighted by Crippen LogP contribution is -2.63. The summed E-state index contributed by atoms with van der Waals surface area (Å²) in [6, 6.07) is -2.85. The molecule has 2 heterocycles. The number of ether oxygens (including phenoxy) is 1. The fraction of sp³-hybridized carbons (Fsp3) is 0.844. The Hall–Kier alpha value is -3.08. The molecule has 0 aromatic rings. The molecule has 5 N–H and O–H groups in total. The third-order valence-corrected chi connectivity index (χ3v) is 17.7. The zero-order valence-electron chi connectivity index (χ0n) is 38.5. The molecule has 0 radical (unpaired) electrons. The molecule has 2 aliphatic heterocycles. The topological polar surface area (TPSA) is 196 Å². The van der Waals surface area contributed by atoms with Crippen molar-refractivity contribution in [3.05, 3.63) is 12.7 Å². The maximum atomic E-state index is 15.3. The van der Waals surface area contributed by atoms with Gasteiger partial charge in [-0.3, -0.25) is 24.1 Å². The van der Waals surface area contributed by atoms with Gasteiger partial charge in [0.15, 0.2) is 0 Å². The standard InChI is InChI=1S/C45H76N8O7S/c1-11-31-26-45(31,40(46)50-61(58,59)51(9)24-25-60-10)49-37(55)33-27-44(42(7,8)43(44)21-17-22-43)28-53(33)39(57)35(41(4,5)6)48-38(56)34(30-18-13-12-14-19-30)47-36(54)32-20-15-16-23-52(32)29(2)3/h11,29-35H,1,12-28H2,2-10H3,(H2,46,50)(H,47,54)(H,48,56)(H,49,55)/t31-,32+,33?,34?,35-,44?,45-/m1/s1. The first-order valence-electron chi connectivity index (χ1n) is 23.0. The van der Waals surface area contributed by atoms with Crippen LogP contribution in [0.3, 0.4) is 0 Å². The van der Waals surface area contributed by atoms with Crippen molar-refractivity contribution < 1.29 is 32.3 Å². The van der Waals surface area contributed by atoms with Gasteiger partial charge in [0.1, 0.15) is 29.5 Å². The van der Waals surface area contributed by atoms with Crippen LogP contribution >= 0.6 is 0 Å². The van der Waals surface area contributed by atoms with E-state index in [1.54, 1.807) is 11.0 Å². The molecular formula is C45H76N8O7S. The maximum Gasteiger partial charge on any atom is 0.323 e. The summed E-state index contributed by atoms with van der Waals surface area (Å²) in [4.78, 5) is 62.9. The number of hydrogen-bond donors (Lipinski definition) is 4. The minimum atomic E-state index is -4.20. The van der Waals surface area contributed by atoms with E-state index in [4.69, 9.17) is 10.5 Å². The van der Waals surface area contributed by atoms with Gasteiger partial charge < -0.3 is 31.3 Å². The lowest BCUT2D eigenvalue weighted by Gasteiger charge is -2.40. The van der Waals surface area contributed by atoms with Gasteiger partial charge in [-0.05, 0) is 93.9 Å². The highest BCUT2D eigenvalue weighted by molar-refractivity contribution is 7.87. The highest BCUT2D eigenvalue weighted by Crippen LogP contribution is 2.88. The molecule has 4 aliphatic carbocycles. The van der Waals surface area contributed by atoms with E-state index in [0.717, 1.165) is 81.5 Å². The van der Waals surface area contributed by atoms with Crippen LogP contribution in [0, 0.1) is 33.5 Å². The Labute approximate surface area is 365 Å². The number of piperidine rings is 1. The van der Waals surface area contributed by atoms with Crippen LogP contribution < -0.4 is 21.7 Å². The quantitative estimate of drug-likeness (QED) is 0.101. The average Bonchev–Trinajstić information content (AvgIpc) is 3.92. The first kappa shape index (κ1) is 47.4. The number of rotatable bonds is 16. The lowest BCUT2D eigenvalue weighted by atomic mass is 9.73. The summed E-state index contributed by atoms with van der Waals surface area (Å²) in [5, 5.41) is 9.48. The first-order chi connectivity index (χ1) is 28.5. The van der Waals surface area contributed by atoms with Gasteiger partial charge in [0, 0.05) is 44.6 Å². The van der Waals surface area contributed by atoms with Crippen molar-refractivity contribution in [3.8, 4) is 0 Å². The van der Waals surface area contributed by atoms with Gasteiger partial charge in [0.2, 0.25) is 23.6 Å². The monoisotopic (exact) mass is 873 g/mol. The zero-order valence-corrected chi connectivity index (χ0v) is 39.3. The molecule has 7 atom stereocenters. The third-order valence-electron chi connectivity index (χ3n) is 16.3. The Kier molecular flexibility index (Phi) is 13.6. The van der Waals surface area contributed by atoms with Gasteiger partial charge >= 0.3 is 10.2 Å². The largest absolute Gasteiger partial charge is 0.384 e. The third kappa shape index (κ3) is 8.52. The van der Waals surface area contributed by atoms with Gasteiger partial charge in [-0.15, -0.1) is 11.0 Å². The second-order valence-corrected chi connectivity index (χ2v) is 22.8. The van der Waals surface area contributed by atoms with Gasteiger partial charge in [0.05, 0.1) is 12.6 Å². The average molecular weight is 873 g/mol. The molecule has 4 amide bonds. The molecule has 16 heteroatoms. The van der Waals surface area contributed by atoms with E-state index >= 15 is 4.79 Å². The molecule has 6 rings (SSSR count). The molecule has 0 aromatic heterocycles. The van der Waals surface area contributed by atoms with Crippen LogP contribution in [0.15, 0.2) is 17.1 Å². The summed E-state index contributed by atoms with van der Waals surface area (Å²) in [6.45, 7) is 19.8. The molecule has 2 spiro atoms. The highest BCUT2D eigenvalue weighted by Gasteiger charge is 2.85. The predicted molar refractivity (Wildman–Crippen MR) is 236 cm³/mol. The van der Waals surface area contributed by atoms with Crippen LogP contribution in [0.5, 0.6) is 0 Å². The van der Waals surface area contributed by atoms with Crippen LogP contribution in [-0.4, -0.2) is 128 Å². The fourth-order valence-electron chi connectivity index (χ4n) is 12.1. The van der Waals surface area contributed by atoms with Gasteiger partial charge in [-0.2, -0.15) is 12.7 Å². The number of carbonyl (C=O) groups excluding carboxylic acids is 4. The molecular weight excluding hydrogens is 797 g/mol. The molecule has 0 bridgehead atoms. The molecule has 15 nitrogen and oxygen atoms in total. The summed E-state index contributed by atoms with van der Waals surface area (Å²) in [5.41, 5.74) is 3.99. The molecule has 344 valence electrons. The minimum absolute atomic E-state index is 0.00431. The predicted octanol–water partition coefficient (Wildman–Crippen LogP) is 3.88. The highest BCUT2D eigenvalue weighted by atomic mass is 32.2. The number of amides is 4. The van der Waals surface area contributed by atoms with Gasteiger partial charge in [-0.1, -0.05) is 72.8 Å². The fourth-order valence-corrected chi connectivity index (χ4v) is 12.9. The Balaban J connectivity index is 1.29. The molecule has 6 fully saturated rings. The number of methoxy groups -OCH3 is 1. The summed E-state index contributed by atoms with van der Waals surface area (Å²) in [5.74, 6) is -1.98. The van der Waals surface area contributed by atoms with Crippen molar-refractivity contribution >= 4 is 39.7 Å². The Morgan fingerprint density at radius 1 is 0.951 bits per heavy atom. The van der Waals surface area contributed by atoms with E-state index in [0.29, 0.717) is 19.4 Å². The molecule has 4 saturated carbocycles. The van der Waals surface area contributed by atoms with Crippen LogP contribution in [-0.2, 0) is 34.1 Å². The number of nitrogens with zero attached hydrogens (tertiary/aromatic N) is 4. The van der Waals surface area contributed by atoms with Crippen molar-refractivity contribution in [3.63, 3.8) is 0 Å². The molecule has 0 aromatic carbocycles. The molecule has 2 saturated heterocycles. The molecule has 61 heavy (non-hydrogen) atoms. The van der Waals surface area contributed by atoms with E-state index in [1.165, 1.54) is 14.2 Å². The Morgan fingerprint density at radius 2 is 1.61 bits per heavy atom. The van der Waals surface area contributed by atoms with E-state index in [2.05, 4.69) is 59.5 Å². The zero-order chi connectivity index (χ0) is 44.9. The number of amidine groups is 1. The normalized spacial score (nSPS) is 31.1. The van der Waals surface area contributed by atoms with Crippen molar-refractivity contribution in [2.24, 2.45) is 43.6 Å². The second kappa shape index (κ2) is 17.5. The van der Waals surface area contributed by atoms with Crippen LogP contribution in [0.4, 0.5) is 0 Å². The summed E-state index contributed by atoms with van der Waals surface area (Å²) >= 11 is 0. The molecule has 3 unspecified atom stereocenters. The van der Waals surface area contributed by atoms with Crippen LogP contribution in [0.1, 0.15) is 132 Å². The maximum absolute atomic E-state index is 15.3. The number of nitrogens with one attached hydrogen (secondary N) is 3. The Bertz CT molecular complexity index is 1840. The number of hydrogen-bond acceptors (Lipinski definition) is 8. The van der Waals surface area contributed by atoms with Crippen molar-refractivity contribution in [1.82, 2.24) is 30.1 Å². The van der Waals surface area contributed by atoms with E-state index < -0.39 is 45.2 Å². The van der Waals surface area contributed by atoms with E-state index in [9.17, 15) is 22.8 Å². The number of nitrogens with two attached hydrogens (primary N) is 1. The van der Waals surface area contributed by atoms with Crippen molar-refractivity contribution in [2.75, 3.05) is 40.4 Å². The summed E-state index contributed by atoms with van der Waals surface area (Å²) < 4.78 is 36.5.